The van der Waals surface area contributed by atoms with Crippen molar-refractivity contribution in [1.82, 2.24) is 9.59 Å². The zero-order valence-electron chi connectivity index (χ0n) is 2.46. The molecule has 1 rings (SSSR count). The Morgan fingerprint density at radius 3 is 2.50 bits per heavy atom. The Morgan fingerprint density at radius 2 is 2.33 bits per heavy atom. The zero-order valence-corrected chi connectivity index (χ0v) is 3.27. The molecule has 0 aromatic carbocycles. The Balaban J connectivity index is 0.000000250. The van der Waals surface area contributed by atoms with Gasteiger partial charge in [-0.25, -0.2) is 0 Å². The number of rotatable bonds is 0. The molecule has 0 fully saturated rings. The smallest absolute Gasteiger partial charge is 0.0620 e. The minimum Gasteiger partial charge on any atom is -0.147 e. The van der Waals surface area contributed by atoms with E-state index in [2.05, 4.69) is 9.59 Å². The summed E-state index contributed by atoms with van der Waals surface area (Å²) in [5.74, 6) is 0. The summed E-state index contributed by atoms with van der Waals surface area (Å²) in [5.41, 5.74) is 0. The van der Waals surface area contributed by atoms with Gasteiger partial charge in [-0.2, -0.15) is 0 Å². The molecule has 0 spiro atoms. The van der Waals surface area contributed by atoms with Crippen LogP contribution in [-0.4, -0.2) is 20.6 Å². The van der Waals surface area contributed by atoms with Crippen molar-refractivity contribution in [2.24, 2.45) is 0 Å². The van der Waals surface area contributed by atoms with Gasteiger partial charge < -0.3 is 0 Å². The largest absolute Gasteiger partial charge is 0.147 e. The Labute approximate surface area is 44.4 Å². The van der Waals surface area contributed by atoms with Gasteiger partial charge in [-0.1, -0.05) is 4.49 Å². The van der Waals surface area contributed by atoms with Crippen molar-refractivity contribution >= 4 is 22.5 Å². The highest BCUT2D eigenvalue weighted by molar-refractivity contribution is 7.03. The molecule has 0 bridgehead atoms. The summed E-state index contributed by atoms with van der Waals surface area (Å²) in [6, 6.07) is 0. The molecule has 0 aliphatic carbocycles. The van der Waals surface area contributed by atoms with Crippen LogP contribution in [0.4, 0.5) is 0 Å². The van der Waals surface area contributed by atoms with Crippen LogP contribution in [0.15, 0.2) is 11.6 Å². The molecule has 0 saturated heterocycles. The second kappa shape index (κ2) is 2.99. The van der Waals surface area contributed by atoms with E-state index in [1.165, 1.54) is 11.5 Å². The van der Waals surface area contributed by atoms with Gasteiger partial charge in [-0.15, -0.1) is 5.10 Å². The van der Waals surface area contributed by atoms with Crippen molar-refractivity contribution < 1.29 is 0 Å². The number of hydrogen-bond acceptors (Lipinski definition) is 3. The van der Waals surface area contributed by atoms with Gasteiger partial charge in [0.2, 0.25) is 0 Å². The van der Waals surface area contributed by atoms with Crippen molar-refractivity contribution in [2.45, 2.75) is 0 Å². The number of hydrogen-bond donors (Lipinski definition) is 0. The summed E-state index contributed by atoms with van der Waals surface area (Å²) in [6.07, 6.45) is 1.66. The van der Waals surface area contributed by atoms with Crippen molar-refractivity contribution in [3.05, 3.63) is 11.6 Å². The van der Waals surface area contributed by atoms with E-state index in [9.17, 15) is 0 Å². The van der Waals surface area contributed by atoms with Crippen LogP contribution in [0, 0.1) is 0 Å². The maximum absolute atomic E-state index is 3.51. The number of nitrogens with zero attached hydrogens (tertiary/aromatic N) is 2. The lowest BCUT2D eigenvalue weighted by Gasteiger charge is -1.40. The molecule has 4 heteroatoms. The molecule has 0 amide bonds. The Kier molecular flexibility index (Phi) is 2.88. The first kappa shape index (κ1) is 5.78. The molecule has 0 aliphatic heterocycles. The van der Waals surface area contributed by atoms with Crippen molar-refractivity contribution in [1.29, 1.82) is 0 Å². The Hall–Kier alpha value is -0.223. The molecule has 6 heavy (non-hydrogen) atoms. The molecule has 1 aromatic rings. The van der Waals surface area contributed by atoms with E-state index in [0.717, 1.165) is 0 Å². The first-order chi connectivity index (χ1) is 2.50. The zero-order chi connectivity index (χ0) is 3.54. The SMILES string of the molecule is [SiH4].c1csnn1. The summed E-state index contributed by atoms with van der Waals surface area (Å²) in [5, 5.41) is 5.31. The average molecular weight is 118 g/mol. The quantitative estimate of drug-likeness (QED) is 0.412. The van der Waals surface area contributed by atoms with Crippen LogP contribution in [0.1, 0.15) is 0 Å². The summed E-state index contributed by atoms with van der Waals surface area (Å²) in [4.78, 5) is 0. The molecule has 0 N–H and O–H groups in total. The van der Waals surface area contributed by atoms with Gasteiger partial charge in [0.1, 0.15) is 0 Å². The highest BCUT2D eigenvalue weighted by Gasteiger charge is 1.61. The van der Waals surface area contributed by atoms with Gasteiger partial charge in [0.25, 0.3) is 0 Å². The molecule has 0 unspecified atom stereocenters. The summed E-state index contributed by atoms with van der Waals surface area (Å²) >= 11 is 1.35. The van der Waals surface area contributed by atoms with Gasteiger partial charge in [-0.3, -0.25) is 0 Å². The number of aromatic nitrogens is 2. The molecule has 34 valence electrons. The lowest BCUT2D eigenvalue weighted by molar-refractivity contribution is 1.16. The van der Waals surface area contributed by atoms with Gasteiger partial charge in [-0.05, 0) is 22.5 Å². The van der Waals surface area contributed by atoms with E-state index in [1.54, 1.807) is 6.20 Å². The lowest BCUT2D eigenvalue weighted by Crippen LogP contribution is -1.51. The van der Waals surface area contributed by atoms with Crippen molar-refractivity contribution in [3.63, 3.8) is 0 Å². The van der Waals surface area contributed by atoms with Crippen LogP contribution in [-0.2, 0) is 0 Å². The van der Waals surface area contributed by atoms with E-state index >= 15 is 0 Å². The summed E-state index contributed by atoms with van der Waals surface area (Å²) < 4.78 is 3.51. The normalized spacial score (nSPS) is 6.67. The first-order valence-electron chi connectivity index (χ1n) is 1.21. The van der Waals surface area contributed by atoms with Crippen LogP contribution in [0.3, 0.4) is 0 Å². The van der Waals surface area contributed by atoms with Gasteiger partial charge >= 0.3 is 0 Å². The van der Waals surface area contributed by atoms with E-state index < -0.39 is 0 Å². The summed E-state index contributed by atoms with van der Waals surface area (Å²) in [6.45, 7) is 0. The second-order valence-electron chi connectivity index (χ2n) is 0.588. The van der Waals surface area contributed by atoms with Crippen LogP contribution < -0.4 is 0 Å². The fourth-order valence-corrected chi connectivity index (χ4v) is 0.408. The van der Waals surface area contributed by atoms with Crippen molar-refractivity contribution in [3.8, 4) is 0 Å². The predicted octanol–water partition coefficient (Wildman–Crippen LogP) is -0.914. The second-order valence-corrected chi connectivity index (χ2v) is 1.23. The molecule has 1 aromatic heterocycles. The molecule has 0 aliphatic rings. The molecule has 2 nitrogen and oxygen atoms in total. The Bertz CT molecular complexity index is 68.0. The topological polar surface area (TPSA) is 25.8 Å². The van der Waals surface area contributed by atoms with E-state index in [1.807, 2.05) is 5.38 Å². The highest BCUT2D eigenvalue weighted by Crippen LogP contribution is 1.78. The maximum atomic E-state index is 3.51. The fraction of sp³-hybridized carbons (Fsp3) is 0. The summed E-state index contributed by atoms with van der Waals surface area (Å²) in [7, 11) is 0. The van der Waals surface area contributed by atoms with Crippen LogP contribution in [0.25, 0.3) is 0 Å². The van der Waals surface area contributed by atoms with Crippen LogP contribution in [0.5, 0.6) is 0 Å². The van der Waals surface area contributed by atoms with Gasteiger partial charge in [0.15, 0.2) is 0 Å². The predicted molar refractivity (Wildman–Crippen MR) is 31.2 cm³/mol. The standard InChI is InChI=1S/C2H2N2S.H4Si/c1-2-5-4-3-1;/h1-2H;1H4. The average Bonchev–Trinajstić information content (AvgIpc) is 1.76. The van der Waals surface area contributed by atoms with Crippen LogP contribution >= 0.6 is 11.5 Å². The minimum atomic E-state index is 0. The third kappa shape index (κ3) is 1.28. The van der Waals surface area contributed by atoms with Gasteiger partial charge in [0.05, 0.1) is 6.20 Å². The van der Waals surface area contributed by atoms with E-state index in [0.29, 0.717) is 0 Å². The molecule has 0 saturated carbocycles. The first-order valence-corrected chi connectivity index (χ1v) is 2.05. The maximum Gasteiger partial charge on any atom is 0.0620 e. The molecule has 0 atom stereocenters. The third-order valence-electron chi connectivity index (χ3n) is 0.283. The third-order valence-corrected chi connectivity index (χ3v) is 0.715. The molecular weight excluding hydrogens is 112 g/mol. The van der Waals surface area contributed by atoms with Gasteiger partial charge in [0, 0.05) is 5.38 Å². The molecular formula is C2H6N2SSi. The van der Waals surface area contributed by atoms with Crippen molar-refractivity contribution in [2.75, 3.05) is 0 Å². The van der Waals surface area contributed by atoms with E-state index in [-0.39, 0.29) is 11.0 Å². The minimum absolute atomic E-state index is 0. The van der Waals surface area contributed by atoms with Crippen LogP contribution in [0.2, 0.25) is 0 Å². The Morgan fingerprint density at radius 1 is 1.50 bits per heavy atom. The molecule has 1 heterocycles. The fourth-order valence-electron chi connectivity index (χ4n) is 0.136. The van der Waals surface area contributed by atoms with E-state index in [4.69, 9.17) is 0 Å². The highest BCUT2D eigenvalue weighted by atomic mass is 32.1. The lowest BCUT2D eigenvalue weighted by atomic mass is 11.1. The monoisotopic (exact) mass is 118 g/mol. The molecule has 0 radical (unpaired) electrons.